The maximum Gasteiger partial charge on any atom is 0.336 e. The predicted molar refractivity (Wildman–Crippen MR) is 98.1 cm³/mol. The molecule has 0 spiro atoms. The minimum absolute atomic E-state index is 0.233. The van der Waals surface area contributed by atoms with Crippen molar-refractivity contribution in [2.45, 2.75) is 5.92 Å². The maximum absolute atomic E-state index is 11.7. The third-order valence-corrected chi connectivity index (χ3v) is 4.29. The summed E-state index contributed by atoms with van der Waals surface area (Å²) in [6.07, 6.45) is 3.11. The van der Waals surface area contributed by atoms with Crippen molar-refractivity contribution in [3.05, 3.63) is 89.2 Å². The monoisotopic (exact) mass is 349 g/mol. The molecule has 1 N–H and O–H groups in total. The number of aromatic carboxylic acids is 1. The summed E-state index contributed by atoms with van der Waals surface area (Å²) in [5, 5.41) is 9.60. The quantitative estimate of drug-likeness (QED) is 0.729. The molecule has 0 unspecified atom stereocenters. The van der Waals surface area contributed by atoms with E-state index in [2.05, 4.69) is 4.98 Å². The smallest absolute Gasteiger partial charge is 0.336 e. The van der Waals surface area contributed by atoms with E-state index in [1.807, 2.05) is 48.5 Å². The number of carboxylic acid groups (broad SMARTS) is 1. The minimum atomic E-state index is -0.977. The van der Waals surface area contributed by atoms with Gasteiger partial charge in [-0.15, -0.1) is 0 Å². The van der Waals surface area contributed by atoms with Crippen molar-refractivity contribution >= 4 is 5.97 Å². The Hall–Kier alpha value is -3.34. The van der Waals surface area contributed by atoms with Gasteiger partial charge in [0, 0.05) is 18.3 Å². The Morgan fingerprint density at radius 3 is 1.81 bits per heavy atom. The van der Waals surface area contributed by atoms with Crippen molar-refractivity contribution < 1.29 is 19.4 Å². The van der Waals surface area contributed by atoms with Crippen molar-refractivity contribution in [3.63, 3.8) is 0 Å². The molecule has 0 aliphatic carbocycles. The zero-order valence-electron chi connectivity index (χ0n) is 14.5. The molecule has 26 heavy (non-hydrogen) atoms. The second-order valence-electron chi connectivity index (χ2n) is 5.75. The Labute approximate surface area is 151 Å². The lowest BCUT2D eigenvalue weighted by atomic mass is 9.83. The summed E-state index contributed by atoms with van der Waals surface area (Å²) in [6, 6.07) is 16.7. The lowest BCUT2D eigenvalue weighted by Gasteiger charge is -2.20. The van der Waals surface area contributed by atoms with Crippen molar-refractivity contribution in [3.8, 4) is 11.5 Å². The molecule has 0 aliphatic rings. The van der Waals surface area contributed by atoms with Gasteiger partial charge in [-0.2, -0.15) is 0 Å². The molecule has 0 radical (unpaired) electrons. The van der Waals surface area contributed by atoms with Gasteiger partial charge < -0.3 is 14.6 Å². The molecule has 0 saturated carbocycles. The maximum atomic E-state index is 11.7. The van der Waals surface area contributed by atoms with Crippen LogP contribution in [0.3, 0.4) is 0 Å². The van der Waals surface area contributed by atoms with E-state index in [1.54, 1.807) is 20.4 Å². The van der Waals surface area contributed by atoms with Crippen LogP contribution in [0.2, 0.25) is 0 Å². The average Bonchev–Trinajstić information content (AvgIpc) is 2.69. The number of aromatic nitrogens is 1. The highest BCUT2D eigenvalue weighted by Gasteiger charge is 2.23. The van der Waals surface area contributed by atoms with E-state index in [4.69, 9.17) is 9.47 Å². The molecule has 0 atom stereocenters. The average molecular weight is 349 g/mol. The van der Waals surface area contributed by atoms with Gasteiger partial charge in [0.1, 0.15) is 11.5 Å². The second-order valence-corrected chi connectivity index (χ2v) is 5.75. The van der Waals surface area contributed by atoms with Gasteiger partial charge in [-0.1, -0.05) is 24.3 Å². The third kappa shape index (κ3) is 3.52. The number of carboxylic acids is 1. The van der Waals surface area contributed by atoms with Crippen LogP contribution in [0.15, 0.2) is 67.0 Å². The first-order valence-corrected chi connectivity index (χ1v) is 8.09. The summed E-state index contributed by atoms with van der Waals surface area (Å²) in [6.45, 7) is 0. The fourth-order valence-electron chi connectivity index (χ4n) is 2.98. The second kappa shape index (κ2) is 7.70. The normalized spacial score (nSPS) is 10.6. The molecule has 0 bridgehead atoms. The van der Waals surface area contributed by atoms with E-state index in [9.17, 15) is 9.90 Å². The number of carbonyl (C=O) groups is 1. The number of nitrogens with zero attached hydrogens (tertiary/aromatic N) is 1. The lowest BCUT2D eigenvalue weighted by molar-refractivity contribution is 0.0695. The van der Waals surface area contributed by atoms with Gasteiger partial charge in [-0.3, -0.25) is 4.98 Å². The summed E-state index contributed by atoms with van der Waals surface area (Å²) in [5.41, 5.74) is 2.77. The van der Waals surface area contributed by atoms with E-state index >= 15 is 0 Å². The fraction of sp³-hybridized carbons (Fsp3) is 0.143. The molecule has 0 saturated heterocycles. The Kier molecular flexibility index (Phi) is 5.17. The fourth-order valence-corrected chi connectivity index (χ4v) is 2.98. The Balaban J connectivity index is 2.16. The Bertz CT molecular complexity index is 841. The molecule has 0 aliphatic heterocycles. The largest absolute Gasteiger partial charge is 0.497 e. The highest BCUT2D eigenvalue weighted by Crippen LogP contribution is 2.35. The molecule has 3 aromatic rings. The van der Waals surface area contributed by atoms with Crippen LogP contribution in [-0.2, 0) is 0 Å². The van der Waals surface area contributed by atoms with Crippen LogP contribution in [0.25, 0.3) is 0 Å². The summed E-state index contributed by atoms with van der Waals surface area (Å²) in [4.78, 5) is 15.9. The van der Waals surface area contributed by atoms with E-state index < -0.39 is 5.97 Å². The first-order chi connectivity index (χ1) is 12.6. The highest BCUT2D eigenvalue weighted by atomic mass is 16.5. The van der Waals surface area contributed by atoms with Gasteiger partial charge in [0.15, 0.2) is 0 Å². The van der Waals surface area contributed by atoms with Gasteiger partial charge in [0.25, 0.3) is 0 Å². The number of ether oxygens (including phenoxy) is 2. The van der Waals surface area contributed by atoms with Crippen LogP contribution in [0.4, 0.5) is 0 Å². The van der Waals surface area contributed by atoms with Gasteiger partial charge in [0.2, 0.25) is 0 Å². The summed E-state index contributed by atoms with van der Waals surface area (Å²) < 4.78 is 10.5. The summed E-state index contributed by atoms with van der Waals surface area (Å²) >= 11 is 0. The zero-order chi connectivity index (χ0) is 18.5. The van der Waals surface area contributed by atoms with Crippen LogP contribution in [-0.4, -0.2) is 30.3 Å². The molecular formula is C21H19NO4. The molecule has 2 aromatic carbocycles. The van der Waals surface area contributed by atoms with E-state index in [1.165, 1.54) is 12.3 Å². The van der Waals surface area contributed by atoms with E-state index in [0.717, 1.165) is 22.6 Å². The Morgan fingerprint density at radius 1 is 0.885 bits per heavy atom. The van der Waals surface area contributed by atoms with Crippen LogP contribution >= 0.6 is 0 Å². The zero-order valence-corrected chi connectivity index (χ0v) is 14.5. The molecule has 1 aromatic heterocycles. The topological polar surface area (TPSA) is 68.7 Å². The predicted octanol–water partition coefficient (Wildman–Crippen LogP) is 3.98. The molecule has 1 heterocycles. The van der Waals surface area contributed by atoms with Gasteiger partial charge in [-0.05, 0) is 47.0 Å². The number of hydrogen-bond acceptors (Lipinski definition) is 4. The molecule has 5 nitrogen and oxygen atoms in total. The van der Waals surface area contributed by atoms with Crippen LogP contribution < -0.4 is 9.47 Å². The summed E-state index contributed by atoms with van der Waals surface area (Å²) in [5.74, 6) is 0.236. The molecule has 0 amide bonds. The lowest BCUT2D eigenvalue weighted by Crippen LogP contribution is -2.10. The first kappa shape index (κ1) is 17.5. The van der Waals surface area contributed by atoms with E-state index in [-0.39, 0.29) is 11.5 Å². The molecular weight excluding hydrogens is 330 g/mol. The number of rotatable bonds is 6. The van der Waals surface area contributed by atoms with Crippen molar-refractivity contribution in [2.24, 2.45) is 0 Å². The first-order valence-electron chi connectivity index (χ1n) is 8.09. The SMILES string of the molecule is COc1ccc(C(c2ccc(OC)cc2)c2cnccc2C(=O)O)cc1. The van der Waals surface area contributed by atoms with Crippen molar-refractivity contribution in [1.82, 2.24) is 4.98 Å². The van der Waals surface area contributed by atoms with Crippen LogP contribution in [0.5, 0.6) is 11.5 Å². The van der Waals surface area contributed by atoms with E-state index in [0.29, 0.717) is 5.56 Å². The van der Waals surface area contributed by atoms with Crippen LogP contribution in [0, 0.1) is 0 Å². The Morgan fingerprint density at radius 2 is 1.38 bits per heavy atom. The molecule has 132 valence electrons. The number of hydrogen-bond donors (Lipinski definition) is 1. The number of methoxy groups -OCH3 is 2. The van der Waals surface area contributed by atoms with Gasteiger partial charge >= 0.3 is 5.97 Å². The van der Waals surface area contributed by atoms with Crippen molar-refractivity contribution in [1.29, 1.82) is 0 Å². The van der Waals surface area contributed by atoms with Crippen molar-refractivity contribution in [2.75, 3.05) is 14.2 Å². The van der Waals surface area contributed by atoms with Gasteiger partial charge in [-0.25, -0.2) is 4.79 Å². The summed E-state index contributed by atoms with van der Waals surface area (Å²) in [7, 11) is 3.22. The van der Waals surface area contributed by atoms with Crippen LogP contribution in [0.1, 0.15) is 33.0 Å². The van der Waals surface area contributed by atoms with Gasteiger partial charge in [0.05, 0.1) is 19.8 Å². The third-order valence-electron chi connectivity index (χ3n) is 4.29. The standard InChI is InChI=1S/C21H19NO4/c1-25-16-7-3-14(4-8-16)20(15-5-9-17(26-2)10-6-15)19-13-22-12-11-18(19)21(23)24/h3-13,20H,1-2H3,(H,23,24). The highest BCUT2D eigenvalue weighted by molar-refractivity contribution is 5.89. The number of benzene rings is 2. The number of pyridine rings is 1. The molecule has 5 heteroatoms. The molecule has 3 rings (SSSR count). The minimum Gasteiger partial charge on any atom is -0.497 e. The molecule has 0 fully saturated rings.